The number of benzene rings is 1. The van der Waals surface area contributed by atoms with Gasteiger partial charge in [-0.1, -0.05) is 36.9 Å². The zero-order chi connectivity index (χ0) is 9.52. The highest BCUT2D eigenvalue weighted by molar-refractivity contribution is 5.51. The molecule has 0 aliphatic rings. The van der Waals surface area contributed by atoms with Crippen molar-refractivity contribution >= 4 is 11.9 Å². The standard InChI is InChI=1S/C12H13N/c1-3-9-13-10-12-7-5-11(4-2)6-8-12/h3-8H,2,10H2,1H3. The molecular weight excluding hydrogens is 158 g/mol. The fraction of sp³-hybridized carbons (Fsp3) is 0.167. The van der Waals surface area contributed by atoms with Crippen LogP contribution in [-0.2, 0) is 6.54 Å². The molecule has 1 rings (SSSR count). The molecule has 0 aromatic heterocycles. The summed E-state index contributed by atoms with van der Waals surface area (Å²) in [6, 6.07) is 8.18. The third-order valence-electron chi connectivity index (χ3n) is 1.70. The smallest absolute Gasteiger partial charge is 0.0734 e. The summed E-state index contributed by atoms with van der Waals surface area (Å²) in [5.74, 6) is 2.81. The van der Waals surface area contributed by atoms with Gasteiger partial charge in [-0.05, 0) is 30.0 Å². The highest BCUT2D eigenvalue weighted by Gasteiger charge is 1.89. The number of aliphatic imine (C=N–C) groups is 1. The molecule has 1 heteroatoms. The predicted octanol–water partition coefficient (Wildman–Crippen LogP) is 3.08. The van der Waals surface area contributed by atoms with Crippen molar-refractivity contribution in [1.29, 1.82) is 0 Å². The van der Waals surface area contributed by atoms with E-state index < -0.39 is 0 Å². The van der Waals surface area contributed by atoms with Crippen molar-refractivity contribution in [3.63, 3.8) is 0 Å². The fourth-order valence-corrected chi connectivity index (χ4v) is 0.987. The predicted molar refractivity (Wildman–Crippen MR) is 57.9 cm³/mol. The number of nitrogens with zero attached hydrogens (tertiary/aromatic N) is 1. The second-order valence-electron chi connectivity index (χ2n) is 2.68. The quantitative estimate of drug-likeness (QED) is 0.620. The van der Waals surface area contributed by atoms with E-state index in [1.807, 2.05) is 25.1 Å². The Kier molecular flexibility index (Phi) is 3.74. The van der Waals surface area contributed by atoms with E-state index in [2.05, 4.69) is 29.6 Å². The zero-order valence-corrected chi connectivity index (χ0v) is 7.83. The van der Waals surface area contributed by atoms with Crippen LogP contribution in [0.3, 0.4) is 0 Å². The minimum Gasteiger partial charge on any atom is -0.239 e. The van der Waals surface area contributed by atoms with Crippen LogP contribution in [0.2, 0.25) is 0 Å². The molecule has 0 unspecified atom stereocenters. The maximum atomic E-state index is 4.08. The van der Waals surface area contributed by atoms with Gasteiger partial charge in [0.05, 0.1) is 6.54 Å². The first-order valence-electron chi connectivity index (χ1n) is 4.28. The summed E-state index contributed by atoms with van der Waals surface area (Å²) in [5, 5.41) is 0. The lowest BCUT2D eigenvalue weighted by atomic mass is 10.1. The van der Waals surface area contributed by atoms with Crippen LogP contribution in [0.5, 0.6) is 0 Å². The topological polar surface area (TPSA) is 12.4 Å². The third kappa shape index (κ3) is 3.10. The number of hydrogen-bond donors (Lipinski definition) is 0. The molecule has 1 aromatic carbocycles. The zero-order valence-electron chi connectivity index (χ0n) is 7.83. The Labute approximate surface area is 79.1 Å². The molecule has 0 saturated heterocycles. The van der Waals surface area contributed by atoms with Gasteiger partial charge in [0.2, 0.25) is 0 Å². The summed E-state index contributed by atoms with van der Waals surface area (Å²) < 4.78 is 0. The lowest BCUT2D eigenvalue weighted by Crippen LogP contribution is -1.80. The normalized spacial score (nSPS) is 8.69. The monoisotopic (exact) mass is 171 g/mol. The van der Waals surface area contributed by atoms with Crippen molar-refractivity contribution in [3.8, 4) is 0 Å². The van der Waals surface area contributed by atoms with Crippen molar-refractivity contribution in [2.75, 3.05) is 0 Å². The van der Waals surface area contributed by atoms with E-state index in [1.54, 1.807) is 6.08 Å². The molecule has 0 aliphatic carbocycles. The molecular formula is C12H13N. The van der Waals surface area contributed by atoms with Gasteiger partial charge in [0, 0.05) is 0 Å². The van der Waals surface area contributed by atoms with Gasteiger partial charge in [0.1, 0.15) is 0 Å². The van der Waals surface area contributed by atoms with Gasteiger partial charge >= 0.3 is 0 Å². The van der Waals surface area contributed by atoms with Crippen LogP contribution in [-0.4, -0.2) is 5.87 Å². The SMILES string of the molecule is C=Cc1ccc(CN=C=CC)cc1. The van der Waals surface area contributed by atoms with Crippen LogP contribution < -0.4 is 0 Å². The molecule has 0 N–H and O–H groups in total. The molecule has 0 fully saturated rings. The van der Waals surface area contributed by atoms with Crippen LogP contribution in [0, 0.1) is 0 Å². The van der Waals surface area contributed by atoms with Crippen molar-refractivity contribution in [3.05, 3.63) is 48.0 Å². The lowest BCUT2D eigenvalue weighted by molar-refractivity contribution is 1.08. The highest BCUT2D eigenvalue weighted by atomic mass is 14.7. The summed E-state index contributed by atoms with van der Waals surface area (Å²) in [6.07, 6.45) is 3.64. The molecule has 1 aromatic rings. The van der Waals surface area contributed by atoms with Gasteiger partial charge in [-0.3, -0.25) is 0 Å². The fourth-order valence-electron chi connectivity index (χ4n) is 0.987. The van der Waals surface area contributed by atoms with Gasteiger partial charge in [-0.15, -0.1) is 0 Å². The summed E-state index contributed by atoms with van der Waals surface area (Å²) in [5.41, 5.74) is 2.33. The Morgan fingerprint density at radius 1 is 1.38 bits per heavy atom. The maximum Gasteiger partial charge on any atom is 0.0734 e. The Balaban J connectivity index is 2.69. The molecule has 0 amide bonds. The number of rotatable bonds is 3. The Bertz CT molecular complexity index is 327. The molecule has 0 atom stereocenters. The van der Waals surface area contributed by atoms with Crippen molar-refractivity contribution in [2.24, 2.45) is 4.99 Å². The average Bonchev–Trinajstić information content (AvgIpc) is 2.19. The first-order chi connectivity index (χ1) is 6.36. The second kappa shape index (κ2) is 5.13. The van der Waals surface area contributed by atoms with E-state index in [9.17, 15) is 0 Å². The molecule has 0 spiro atoms. The molecule has 0 saturated carbocycles. The summed E-state index contributed by atoms with van der Waals surface area (Å²) in [7, 11) is 0. The van der Waals surface area contributed by atoms with Gasteiger partial charge < -0.3 is 0 Å². The van der Waals surface area contributed by atoms with E-state index in [0.29, 0.717) is 6.54 Å². The Morgan fingerprint density at radius 2 is 2.08 bits per heavy atom. The second-order valence-corrected chi connectivity index (χ2v) is 2.68. The Hall–Kier alpha value is -1.59. The van der Waals surface area contributed by atoms with E-state index in [0.717, 1.165) is 5.56 Å². The molecule has 13 heavy (non-hydrogen) atoms. The Morgan fingerprint density at radius 3 is 2.62 bits per heavy atom. The van der Waals surface area contributed by atoms with Gasteiger partial charge in [-0.25, -0.2) is 4.99 Å². The summed E-state index contributed by atoms with van der Waals surface area (Å²) in [4.78, 5) is 4.08. The van der Waals surface area contributed by atoms with E-state index in [-0.39, 0.29) is 0 Å². The summed E-state index contributed by atoms with van der Waals surface area (Å²) >= 11 is 0. The molecule has 0 radical (unpaired) electrons. The van der Waals surface area contributed by atoms with Crippen LogP contribution >= 0.6 is 0 Å². The first-order valence-corrected chi connectivity index (χ1v) is 4.28. The number of allylic oxidation sites excluding steroid dienone is 1. The van der Waals surface area contributed by atoms with E-state index >= 15 is 0 Å². The van der Waals surface area contributed by atoms with Crippen LogP contribution in [0.25, 0.3) is 6.08 Å². The highest BCUT2D eigenvalue weighted by Crippen LogP contribution is 2.05. The maximum absolute atomic E-state index is 4.08. The molecule has 0 heterocycles. The van der Waals surface area contributed by atoms with Gasteiger partial charge in [-0.2, -0.15) is 0 Å². The third-order valence-corrected chi connectivity index (χ3v) is 1.70. The van der Waals surface area contributed by atoms with Crippen molar-refractivity contribution < 1.29 is 0 Å². The lowest BCUT2D eigenvalue weighted by Gasteiger charge is -1.95. The van der Waals surface area contributed by atoms with Crippen molar-refractivity contribution in [1.82, 2.24) is 0 Å². The minimum atomic E-state index is 0.696. The molecule has 1 nitrogen and oxygen atoms in total. The van der Waals surface area contributed by atoms with Crippen LogP contribution in [0.15, 0.2) is 41.9 Å². The van der Waals surface area contributed by atoms with Gasteiger partial charge in [0.15, 0.2) is 0 Å². The van der Waals surface area contributed by atoms with Crippen LogP contribution in [0.1, 0.15) is 18.1 Å². The molecule has 0 aliphatic heterocycles. The first kappa shape index (κ1) is 9.50. The van der Waals surface area contributed by atoms with Crippen molar-refractivity contribution in [2.45, 2.75) is 13.5 Å². The summed E-state index contributed by atoms with van der Waals surface area (Å²) in [6.45, 7) is 6.30. The minimum absolute atomic E-state index is 0.696. The largest absolute Gasteiger partial charge is 0.239 e. The van der Waals surface area contributed by atoms with E-state index in [4.69, 9.17) is 0 Å². The van der Waals surface area contributed by atoms with Gasteiger partial charge in [0.25, 0.3) is 0 Å². The van der Waals surface area contributed by atoms with Crippen LogP contribution in [0.4, 0.5) is 0 Å². The molecule has 0 bridgehead atoms. The average molecular weight is 171 g/mol. The number of hydrogen-bond acceptors (Lipinski definition) is 1. The van der Waals surface area contributed by atoms with E-state index in [1.165, 1.54) is 5.56 Å². The molecule has 66 valence electrons.